The Bertz CT molecular complexity index is 794. The summed E-state index contributed by atoms with van der Waals surface area (Å²) in [7, 11) is 1.48. The molecule has 0 saturated heterocycles. The number of hydrogen-bond acceptors (Lipinski definition) is 5. The highest BCUT2D eigenvalue weighted by Crippen LogP contribution is 2.31. The summed E-state index contributed by atoms with van der Waals surface area (Å²) in [5, 5.41) is 3.22. The zero-order valence-corrected chi connectivity index (χ0v) is 16.2. The van der Waals surface area contributed by atoms with Crippen LogP contribution >= 0.6 is 11.6 Å². The van der Waals surface area contributed by atoms with Crippen molar-refractivity contribution >= 4 is 29.2 Å². The Kier molecular flexibility index (Phi) is 7.49. The number of methoxy groups -OCH3 is 1. The molecule has 7 heteroatoms. The highest BCUT2D eigenvalue weighted by atomic mass is 35.5. The van der Waals surface area contributed by atoms with Crippen molar-refractivity contribution in [3.8, 4) is 11.5 Å². The second kappa shape index (κ2) is 9.83. The van der Waals surface area contributed by atoms with Gasteiger partial charge in [-0.15, -0.1) is 0 Å². The van der Waals surface area contributed by atoms with Crippen molar-refractivity contribution in [2.45, 2.75) is 26.4 Å². The van der Waals surface area contributed by atoms with E-state index in [1.54, 1.807) is 24.3 Å². The van der Waals surface area contributed by atoms with Gasteiger partial charge in [-0.25, -0.2) is 0 Å². The summed E-state index contributed by atoms with van der Waals surface area (Å²) in [4.78, 5) is 24.2. The second-order valence-corrected chi connectivity index (χ2v) is 6.24. The Morgan fingerprint density at radius 2 is 1.89 bits per heavy atom. The maximum Gasteiger partial charge on any atom is 0.310 e. The fourth-order valence-electron chi connectivity index (χ4n) is 2.24. The van der Waals surface area contributed by atoms with Crippen LogP contribution in [-0.4, -0.2) is 31.7 Å². The number of halogens is 1. The first-order chi connectivity index (χ1) is 12.9. The largest absolute Gasteiger partial charge is 0.495 e. The first-order valence-corrected chi connectivity index (χ1v) is 8.81. The molecule has 144 valence electrons. The minimum Gasteiger partial charge on any atom is -0.495 e. The summed E-state index contributed by atoms with van der Waals surface area (Å²) >= 11 is 6.05. The molecule has 0 aliphatic rings. The molecule has 1 N–H and O–H groups in total. The van der Waals surface area contributed by atoms with Crippen LogP contribution in [0.15, 0.2) is 42.5 Å². The Balaban J connectivity index is 1.84. The first kappa shape index (κ1) is 20.6. The van der Waals surface area contributed by atoms with E-state index in [2.05, 4.69) is 5.32 Å². The number of ether oxygens (including phenoxy) is 3. The summed E-state index contributed by atoms with van der Waals surface area (Å²) in [6.45, 7) is 3.48. The van der Waals surface area contributed by atoms with E-state index in [0.29, 0.717) is 22.2 Å². The number of rotatable bonds is 8. The van der Waals surface area contributed by atoms with Gasteiger partial charge in [0, 0.05) is 11.1 Å². The molecule has 1 atom stereocenters. The number of carbonyl (C=O) groups is 2. The number of amides is 1. The van der Waals surface area contributed by atoms with Gasteiger partial charge in [0.2, 0.25) is 0 Å². The quantitative estimate of drug-likeness (QED) is 0.688. The van der Waals surface area contributed by atoms with E-state index in [4.69, 9.17) is 25.8 Å². The number of aryl methyl sites for hydroxylation is 1. The van der Waals surface area contributed by atoms with Crippen molar-refractivity contribution in [2.75, 3.05) is 19.0 Å². The average Bonchev–Trinajstić information content (AvgIpc) is 2.65. The molecule has 0 spiro atoms. The summed E-state index contributed by atoms with van der Waals surface area (Å²) < 4.78 is 15.8. The van der Waals surface area contributed by atoms with Crippen molar-refractivity contribution < 1.29 is 23.8 Å². The molecular weight excluding hydrogens is 370 g/mol. The van der Waals surface area contributed by atoms with Gasteiger partial charge in [-0.05, 0) is 37.6 Å². The Labute approximate surface area is 163 Å². The molecule has 0 bridgehead atoms. The summed E-state index contributed by atoms with van der Waals surface area (Å²) in [5.41, 5.74) is 1.25. The molecular formula is C20H22ClNO5. The molecule has 0 heterocycles. The van der Waals surface area contributed by atoms with E-state index in [1.165, 1.54) is 14.0 Å². The summed E-state index contributed by atoms with van der Waals surface area (Å²) in [6, 6.07) is 12.5. The number of nitrogens with one attached hydrogen (secondary N) is 1. The van der Waals surface area contributed by atoms with E-state index in [-0.39, 0.29) is 13.0 Å². The number of esters is 1. The van der Waals surface area contributed by atoms with Crippen LogP contribution in [0.5, 0.6) is 11.5 Å². The lowest BCUT2D eigenvalue weighted by Crippen LogP contribution is -2.30. The number of para-hydroxylation sites is 1. The van der Waals surface area contributed by atoms with Crippen LogP contribution < -0.4 is 14.8 Å². The lowest BCUT2D eigenvalue weighted by atomic mass is 10.2. The molecule has 2 aromatic rings. The van der Waals surface area contributed by atoms with E-state index < -0.39 is 18.0 Å². The molecule has 0 aliphatic carbocycles. The van der Waals surface area contributed by atoms with Gasteiger partial charge in [0.25, 0.3) is 5.91 Å². The van der Waals surface area contributed by atoms with Crippen molar-refractivity contribution in [1.82, 2.24) is 0 Å². The minimum absolute atomic E-state index is 0.0376. The number of anilines is 1. The SMILES string of the molecule is COc1cc(Cl)c(C)cc1NC(=O)[C@@H](C)OC(=O)CCOc1ccccc1. The average molecular weight is 392 g/mol. The van der Waals surface area contributed by atoms with Gasteiger partial charge in [0.15, 0.2) is 6.10 Å². The highest BCUT2D eigenvalue weighted by molar-refractivity contribution is 6.31. The van der Waals surface area contributed by atoms with Crippen molar-refractivity contribution in [3.63, 3.8) is 0 Å². The molecule has 0 aromatic heterocycles. The van der Waals surface area contributed by atoms with Gasteiger partial charge in [-0.3, -0.25) is 9.59 Å². The normalized spacial score (nSPS) is 11.4. The number of carbonyl (C=O) groups excluding carboxylic acids is 2. The van der Waals surface area contributed by atoms with Gasteiger partial charge in [-0.2, -0.15) is 0 Å². The van der Waals surface area contributed by atoms with Gasteiger partial charge >= 0.3 is 5.97 Å². The minimum atomic E-state index is -0.963. The van der Waals surface area contributed by atoms with Crippen LogP contribution in [0.25, 0.3) is 0 Å². The first-order valence-electron chi connectivity index (χ1n) is 8.43. The molecule has 0 fully saturated rings. The monoisotopic (exact) mass is 391 g/mol. The lowest BCUT2D eigenvalue weighted by molar-refractivity contribution is -0.153. The molecule has 27 heavy (non-hydrogen) atoms. The third kappa shape index (κ3) is 6.18. The maximum absolute atomic E-state index is 12.3. The molecule has 6 nitrogen and oxygen atoms in total. The third-order valence-corrected chi connectivity index (χ3v) is 4.14. The van der Waals surface area contributed by atoms with Crippen LogP contribution in [0.2, 0.25) is 5.02 Å². The Hall–Kier alpha value is -2.73. The van der Waals surface area contributed by atoms with E-state index in [0.717, 1.165) is 5.56 Å². The highest BCUT2D eigenvalue weighted by Gasteiger charge is 2.20. The van der Waals surface area contributed by atoms with Crippen LogP contribution in [0.3, 0.4) is 0 Å². The number of benzene rings is 2. The Morgan fingerprint density at radius 3 is 2.56 bits per heavy atom. The molecule has 0 aliphatic heterocycles. The topological polar surface area (TPSA) is 73.9 Å². The summed E-state index contributed by atoms with van der Waals surface area (Å²) in [5.74, 6) is 0.107. The smallest absolute Gasteiger partial charge is 0.310 e. The third-order valence-electron chi connectivity index (χ3n) is 3.73. The number of hydrogen-bond donors (Lipinski definition) is 1. The fraction of sp³-hybridized carbons (Fsp3) is 0.300. The predicted octanol–water partition coefficient (Wildman–Crippen LogP) is 4.00. The van der Waals surface area contributed by atoms with E-state index in [9.17, 15) is 9.59 Å². The van der Waals surface area contributed by atoms with Crippen molar-refractivity contribution in [1.29, 1.82) is 0 Å². The van der Waals surface area contributed by atoms with Crippen molar-refractivity contribution in [2.24, 2.45) is 0 Å². The van der Waals surface area contributed by atoms with Gasteiger partial charge in [-0.1, -0.05) is 29.8 Å². The summed E-state index contributed by atoms with van der Waals surface area (Å²) in [6.07, 6.45) is -0.925. The molecule has 1 amide bonds. The molecule has 0 unspecified atom stereocenters. The van der Waals surface area contributed by atoms with E-state index >= 15 is 0 Å². The molecule has 0 radical (unpaired) electrons. The molecule has 2 rings (SSSR count). The fourth-order valence-corrected chi connectivity index (χ4v) is 2.40. The maximum atomic E-state index is 12.3. The second-order valence-electron chi connectivity index (χ2n) is 5.83. The standard InChI is InChI=1S/C20H22ClNO5/c1-13-11-17(18(25-3)12-16(13)21)22-20(24)14(2)27-19(23)9-10-26-15-7-5-4-6-8-15/h4-8,11-12,14H,9-10H2,1-3H3,(H,22,24)/t14-/m1/s1. The van der Waals surface area contributed by atoms with Crippen LogP contribution in [0.1, 0.15) is 18.9 Å². The van der Waals surface area contributed by atoms with E-state index in [1.807, 2.05) is 25.1 Å². The Morgan fingerprint density at radius 1 is 1.19 bits per heavy atom. The zero-order chi connectivity index (χ0) is 19.8. The van der Waals surface area contributed by atoms with Crippen LogP contribution in [0, 0.1) is 6.92 Å². The predicted molar refractivity (Wildman–Crippen MR) is 103 cm³/mol. The van der Waals surface area contributed by atoms with Crippen LogP contribution in [-0.2, 0) is 14.3 Å². The van der Waals surface area contributed by atoms with Gasteiger partial charge < -0.3 is 19.5 Å². The van der Waals surface area contributed by atoms with Gasteiger partial charge in [0.05, 0.1) is 25.8 Å². The lowest BCUT2D eigenvalue weighted by Gasteiger charge is -2.16. The van der Waals surface area contributed by atoms with Crippen molar-refractivity contribution in [3.05, 3.63) is 53.1 Å². The molecule has 0 saturated carbocycles. The molecule has 2 aromatic carbocycles. The van der Waals surface area contributed by atoms with Crippen LogP contribution in [0.4, 0.5) is 5.69 Å². The zero-order valence-electron chi connectivity index (χ0n) is 15.5. The van der Waals surface area contributed by atoms with Gasteiger partial charge in [0.1, 0.15) is 11.5 Å².